The van der Waals surface area contributed by atoms with Gasteiger partial charge in [0.15, 0.2) is 5.95 Å². The number of ether oxygens (including phenoxy) is 1. The second-order valence-corrected chi connectivity index (χ2v) is 5.85. The fourth-order valence-electron chi connectivity index (χ4n) is 2.77. The van der Waals surface area contributed by atoms with Crippen molar-refractivity contribution in [1.29, 1.82) is 0 Å². The number of nitrogens with two attached hydrogens (primary N) is 1. The zero-order chi connectivity index (χ0) is 18.1. The van der Waals surface area contributed by atoms with E-state index in [2.05, 4.69) is 20.3 Å². The Hall–Kier alpha value is -3.74. The van der Waals surface area contributed by atoms with E-state index in [1.807, 2.05) is 42.5 Å². The van der Waals surface area contributed by atoms with Crippen molar-refractivity contribution in [3.63, 3.8) is 0 Å². The topological polar surface area (TPSA) is 109 Å². The van der Waals surface area contributed by atoms with Gasteiger partial charge in [-0.15, -0.1) is 0 Å². The van der Waals surface area contributed by atoms with E-state index in [0.29, 0.717) is 17.3 Å². The predicted molar refractivity (Wildman–Crippen MR) is 101 cm³/mol. The first-order chi connectivity index (χ1) is 12.6. The zero-order valence-electron chi connectivity index (χ0n) is 14.0. The Balaban J connectivity index is 1.52. The van der Waals surface area contributed by atoms with Crippen molar-refractivity contribution >= 4 is 28.4 Å². The zero-order valence-corrected chi connectivity index (χ0v) is 14.0. The van der Waals surface area contributed by atoms with Crippen LogP contribution in [0, 0.1) is 0 Å². The highest BCUT2D eigenvalue weighted by molar-refractivity contribution is 6.06. The number of nitrogens with zero attached hydrogens (tertiary/aromatic N) is 1. The molecule has 7 nitrogen and oxygen atoms in total. The highest BCUT2D eigenvalue weighted by atomic mass is 16.5. The second kappa shape index (κ2) is 6.29. The highest BCUT2D eigenvalue weighted by Crippen LogP contribution is 2.23. The summed E-state index contributed by atoms with van der Waals surface area (Å²) >= 11 is 0. The Labute approximate surface area is 149 Å². The van der Waals surface area contributed by atoms with Gasteiger partial charge in [-0.25, -0.2) is 4.98 Å². The van der Waals surface area contributed by atoms with E-state index >= 15 is 0 Å². The van der Waals surface area contributed by atoms with Gasteiger partial charge in [-0.3, -0.25) is 4.79 Å². The number of hydrogen-bond acceptors (Lipinski definition) is 4. The molecule has 5 N–H and O–H groups in total. The number of H-pyrrole nitrogens is 2. The number of carbonyl (C=O) groups excluding carboxylic acids is 1. The summed E-state index contributed by atoms with van der Waals surface area (Å²) in [5, 5.41) is 3.80. The number of nitrogens with one attached hydrogen (secondary N) is 3. The van der Waals surface area contributed by atoms with Crippen LogP contribution in [0.4, 0.5) is 11.6 Å². The van der Waals surface area contributed by atoms with Crippen LogP contribution in [0.2, 0.25) is 0 Å². The molecule has 0 aliphatic rings. The van der Waals surface area contributed by atoms with Gasteiger partial charge in [0.25, 0.3) is 5.91 Å². The van der Waals surface area contributed by atoms with Crippen LogP contribution in [0.25, 0.3) is 22.2 Å². The molecule has 4 rings (SSSR count). The van der Waals surface area contributed by atoms with Gasteiger partial charge in [0.05, 0.1) is 19.0 Å². The lowest BCUT2D eigenvalue weighted by Gasteiger charge is -2.05. The third-order valence-electron chi connectivity index (χ3n) is 4.12. The number of fused-ring (bicyclic) bond motifs is 1. The first-order valence-corrected chi connectivity index (χ1v) is 8.01. The molecule has 2 aromatic heterocycles. The van der Waals surface area contributed by atoms with Crippen molar-refractivity contribution in [2.24, 2.45) is 0 Å². The molecule has 26 heavy (non-hydrogen) atoms. The van der Waals surface area contributed by atoms with E-state index in [1.54, 1.807) is 19.4 Å². The van der Waals surface area contributed by atoms with Crippen molar-refractivity contribution < 1.29 is 9.53 Å². The Morgan fingerprint density at radius 3 is 2.62 bits per heavy atom. The molecular weight excluding hydrogens is 330 g/mol. The first kappa shape index (κ1) is 15.8. The van der Waals surface area contributed by atoms with Gasteiger partial charge in [0, 0.05) is 16.6 Å². The average Bonchev–Trinajstić information content (AvgIpc) is 3.27. The third kappa shape index (κ3) is 2.98. The molecule has 2 aromatic carbocycles. The van der Waals surface area contributed by atoms with Crippen LogP contribution in [0.5, 0.6) is 5.75 Å². The normalized spacial score (nSPS) is 10.8. The minimum atomic E-state index is -0.210. The summed E-state index contributed by atoms with van der Waals surface area (Å²) in [7, 11) is 1.61. The number of benzene rings is 2. The molecule has 0 saturated carbocycles. The molecule has 0 saturated heterocycles. The molecule has 0 aliphatic carbocycles. The second-order valence-electron chi connectivity index (χ2n) is 5.85. The van der Waals surface area contributed by atoms with Gasteiger partial charge in [-0.1, -0.05) is 12.1 Å². The highest BCUT2D eigenvalue weighted by Gasteiger charge is 2.11. The number of rotatable bonds is 4. The molecule has 4 aromatic rings. The van der Waals surface area contributed by atoms with Crippen LogP contribution in [0.15, 0.2) is 54.7 Å². The van der Waals surface area contributed by atoms with Crippen molar-refractivity contribution in [3.05, 3.63) is 60.4 Å². The number of nitrogen functional groups attached to an aromatic ring is 1. The van der Waals surface area contributed by atoms with Crippen LogP contribution in [0.1, 0.15) is 10.5 Å². The lowest BCUT2D eigenvalue weighted by Crippen LogP contribution is -2.12. The van der Waals surface area contributed by atoms with Crippen LogP contribution in [-0.4, -0.2) is 28.0 Å². The number of hydrogen-bond donors (Lipinski definition) is 4. The summed E-state index contributed by atoms with van der Waals surface area (Å²) in [4.78, 5) is 22.5. The van der Waals surface area contributed by atoms with E-state index in [4.69, 9.17) is 10.5 Å². The van der Waals surface area contributed by atoms with Crippen LogP contribution < -0.4 is 15.8 Å². The molecule has 0 aliphatic heterocycles. The monoisotopic (exact) mass is 347 g/mol. The van der Waals surface area contributed by atoms with E-state index in [1.165, 1.54) is 0 Å². The van der Waals surface area contributed by atoms with Crippen molar-refractivity contribution in [2.75, 3.05) is 18.2 Å². The van der Waals surface area contributed by atoms with Gasteiger partial charge >= 0.3 is 0 Å². The van der Waals surface area contributed by atoms with Crippen LogP contribution >= 0.6 is 0 Å². The molecule has 0 atom stereocenters. The number of aromatic nitrogens is 3. The van der Waals surface area contributed by atoms with Gasteiger partial charge in [0.1, 0.15) is 11.4 Å². The Kier molecular flexibility index (Phi) is 3.81. The molecule has 0 radical (unpaired) electrons. The summed E-state index contributed by atoms with van der Waals surface area (Å²) < 4.78 is 5.21. The van der Waals surface area contributed by atoms with E-state index in [9.17, 15) is 4.79 Å². The summed E-state index contributed by atoms with van der Waals surface area (Å²) in [5.41, 5.74) is 9.41. The average molecular weight is 347 g/mol. The van der Waals surface area contributed by atoms with Gasteiger partial charge < -0.3 is 25.8 Å². The molecule has 0 bridgehead atoms. The fraction of sp³-hybridized carbons (Fsp3) is 0.0526. The molecule has 2 heterocycles. The first-order valence-electron chi connectivity index (χ1n) is 8.01. The van der Waals surface area contributed by atoms with E-state index in [-0.39, 0.29) is 5.91 Å². The number of anilines is 2. The van der Waals surface area contributed by atoms with Gasteiger partial charge in [0.2, 0.25) is 0 Å². The van der Waals surface area contributed by atoms with E-state index < -0.39 is 0 Å². The standard InChI is InChI=1S/C19H17N5O2/c1-26-14-6-7-15-12(8-14)9-16(23-15)18(25)22-13-4-2-11(3-5-13)17-10-21-19(20)24-17/h2-10,23H,1H3,(H,22,25)(H3,20,21,24). The quantitative estimate of drug-likeness (QED) is 0.453. The number of methoxy groups -OCH3 is 1. The summed E-state index contributed by atoms with van der Waals surface area (Å²) in [6.07, 6.45) is 1.67. The number of carbonyl (C=O) groups is 1. The Morgan fingerprint density at radius 2 is 1.92 bits per heavy atom. The Bertz CT molecular complexity index is 1080. The van der Waals surface area contributed by atoms with E-state index in [0.717, 1.165) is 27.9 Å². The predicted octanol–water partition coefficient (Wildman–Crippen LogP) is 3.40. The fourth-order valence-corrected chi connectivity index (χ4v) is 2.77. The van der Waals surface area contributed by atoms with Gasteiger partial charge in [-0.2, -0.15) is 0 Å². The molecule has 0 spiro atoms. The van der Waals surface area contributed by atoms with Crippen LogP contribution in [-0.2, 0) is 0 Å². The van der Waals surface area contributed by atoms with Gasteiger partial charge in [-0.05, 0) is 42.0 Å². The molecular formula is C19H17N5O2. The molecule has 1 amide bonds. The maximum atomic E-state index is 12.5. The van der Waals surface area contributed by atoms with Crippen LogP contribution in [0.3, 0.4) is 0 Å². The Morgan fingerprint density at radius 1 is 1.12 bits per heavy atom. The minimum Gasteiger partial charge on any atom is -0.497 e. The maximum absolute atomic E-state index is 12.5. The van der Waals surface area contributed by atoms with Crippen molar-refractivity contribution in [1.82, 2.24) is 15.0 Å². The lowest BCUT2D eigenvalue weighted by molar-refractivity contribution is 0.102. The summed E-state index contributed by atoms with van der Waals surface area (Å²) in [6.45, 7) is 0. The molecule has 0 unspecified atom stereocenters. The number of imidazole rings is 1. The smallest absolute Gasteiger partial charge is 0.272 e. The number of amides is 1. The molecule has 7 heteroatoms. The maximum Gasteiger partial charge on any atom is 0.272 e. The molecule has 0 fully saturated rings. The third-order valence-corrected chi connectivity index (χ3v) is 4.12. The SMILES string of the molecule is COc1ccc2[nH]c(C(=O)Nc3ccc(-c4cnc(N)[nH]4)cc3)cc2c1. The minimum absolute atomic E-state index is 0.210. The summed E-state index contributed by atoms with van der Waals surface area (Å²) in [5.74, 6) is 0.907. The number of aromatic amines is 2. The summed E-state index contributed by atoms with van der Waals surface area (Å²) in [6, 6.07) is 14.9. The lowest BCUT2D eigenvalue weighted by atomic mass is 10.1. The van der Waals surface area contributed by atoms with Crippen molar-refractivity contribution in [2.45, 2.75) is 0 Å². The largest absolute Gasteiger partial charge is 0.497 e. The molecule has 130 valence electrons. The van der Waals surface area contributed by atoms with Crippen molar-refractivity contribution in [3.8, 4) is 17.0 Å².